The highest BCUT2D eigenvalue weighted by molar-refractivity contribution is 5.93. The van der Waals surface area contributed by atoms with Crippen molar-refractivity contribution in [3.8, 4) is 17.2 Å². The molecule has 8 heteroatoms. The van der Waals surface area contributed by atoms with Crippen LogP contribution < -0.4 is 29.9 Å². The summed E-state index contributed by atoms with van der Waals surface area (Å²) < 4.78 is 21.4. The van der Waals surface area contributed by atoms with Gasteiger partial charge in [0.15, 0.2) is 6.61 Å². The molecule has 0 bridgehead atoms. The van der Waals surface area contributed by atoms with Gasteiger partial charge < -0.3 is 28.8 Å². The largest absolute Gasteiger partial charge is 0.497 e. The topological polar surface area (TPSA) is 90.2 Å². The lowest BCUT2D eigenvalue weighted by Gasteiger charge is -2.24. The lowest BCUT2D eigenvalue weighted by atomic mass is 10.1. The number of amides is 1. The number of benzene rings is 2. The van der Waals surface area contributed by atoms with Crippen molar-refractivity contribution in [1.29, 1.82) is 0 Å². The molecular formula is C25H26N2O6. The summed E-state index contributed by atoms with van der Waals surface area (Å²) in [6.07, 6.45) is 2.21. The van der Waals surface area contributed by atoms with E-state index in [-0.39, 0.29) is 17.8 Å². The van der Waals surface area contributed by atoms with Crippen molar-refractivity contribution in [3.63, 3.8) is 0 Å². The Labute approximate surface area is 191 Å². The molecule has 1 amide bonds. The van der Waals surface area contributed by atoms with E-state index in [1.54, 1.807) is 25.3 Å². The summed E-state index contributed by atoms with van der Waals surface area (Å²) in [5, 5.41) is 2.69. The molecule has 0 fully saturated rings. The van der Waals surface area contributed by atoms with Crippen LogP contribution in [0.15, 0.2) is 64.0 Å². The van der Waals surface area contributed by atoms with Gasteiger partial charge in [-0.25, -0.2) is 0 Å². The Balaban J connectivity index is 1.37. The second-order valence-electron chi connectivity index (χ2n) is 7.79. The fraction of sp³-hybridized carbons (Fsp3) is 0.280. The number of fused-ring (bicyclic) bond motifs is 1. The fourth-order valence-electron chi connectivity index (χ4n) is 3.90. The van der Waals surface area contributed by atoms with Crippen LogP contribution in [-0.4, -0.2) is 32.8 Å². The minimum absolute atomic E-state index is 0.0227. The van der Waals surface area contributed by atoms with E-state index in [0.29, 0.717) is 35.5 Å². The zero-order valence-corrected chi connectivity index (χ0v) is 18.8. The summed E-state index contributed by atoms with van der Waals surface area (Å²) in [4.78, 5) is 27.0. The third kappa shape index (κ3) is 4.95. The highest BCUT2D eigenvalue weighted by Crippen LogP contribution is 2.33. The number of hydrogen-bond acceptors (Lipinski definition) is 7. The molecule has 2 aromatic carbocycles. The molecule has 1 aliphatic heterocycles. The lowest BCUT2D eigenvalue weighted by Crippen LogP contribution is -2.29. The molecule has 4 rings (SSSR count). The third-order valence-electron chi connectivity index (χ3n) is 5.57. The van der Waals surface area contributed by atoms with Crippen LogP contribution in [0, 0.1) is 0 Å². The molecule has 0 aliphatic carbocycles. The van der Waals surface area contributed by atoms with Crippen molar-refractivity contribution >= 4 is 17.3 Å². The van der Waals surface area contributed by atoms with Crippen molar-refractivity contribution in [2.24, 2.45) is 0 Å². The number of rotatable bonds is 8. The smallest absolute Gasteiger partial charge is 0.262 e. The molecule has 0 radical (unpaired) electrons. The lowest BCUT2D eigenvalue weighted by molar-refractivity contribution is -0.118. The molecule has 2 heterocycles. The summed E-state index contributed by atoms with van der Waals surface area (Å²) >= 11 is 0. The molecule has 1 unspecified atom stereocenters. The monoisotopic (exact) mass is 450 g/mol. The molecule has 33 heavy (non-hydrogen) atoms. The van der Waals surface area contributed by atoms with Crippen molar-refractivity contribution in [2.75, 3.05) is 31.0 Å². The fourth-order valence-corrected chi connectivity index (χ4v) is 3.90. The van der Waals surface area contributed by atoms with Gasteiger partial charge in [-0.05, 0) is 37.1 Å². The Bertz CT molecular complexity index is 1210. The molecule has 1 aromatic heterocycles. The number of anilines is 2. The second kappa shape index (κ2) is 9.68. The number of nitrogens with zero attached hydrogens (tertiary/aromatic N) is 1. The first kappa shape index (κ1) is 22.3. The van der Waals surface area contributed by atoms with E-state index in [1.165, 1.54) is 25.0 Å². The van der Waals surface area contributed by atoms with Gasteiger partial charge in [-0.15, -0.1) is 0 Å². The van der Waals surface area contributed by atoms with Gasteiger partial charge in [-0.3, -0.25) is 9.59 Å². The van der Waals surface area contributed by atoms with Gasteiger partial charge in [0.25, 0.3) is 5.91 Å². The van der Waals surface area contributed by atoms with Crippen LogP contribution in [-0.2, 0) is 17.8 Å². The van der Waals surface area contributed by atoms with E-state index in [4.69, 9.17) is 18.6 Å². The van der Waals surface area contributed by atoms with E-state index in [9.17, 15) is 9.59 Å². The maximum atomic E-state index is 12.5. The number of hydrogen-bond donors (Lipinski definition) is 1. The van der Waals surface area contributed by atoms with Crippen LogP contribution in [0.2, 0.25) is 0 Å². The summed E-state index contributed by atoms with van der Waals surface area (Å²) in [5.74, 6) is 1.12. The number of carbonyl (C=O) groups excluding carboxylic acids is 1. The SMILES string of the molecule is COc1ccc(NC(=O)COc2coc(CN3c4ccccc4CC3C)cc2=O)c(OC)c1. The van der Waals surface area contributed by atoms with Crippen LogP contribution >= 0.6 is 0 Å². The molecular weight excluding hydrogens is 424 g/mol. The first-order chi connectivity index (χ1) is 16.0. The van der Waals surface area contributed by atoms with Gasteiger partial charge in [-0.1, -0.05) is 18.2 Å². The maximum Gasteiger partial charge on any atom is 0.262 e. The second-order valence-corrected chi connectivity index (χ2v) is 7.79. The predicted octanol–water partition coefficient (Wildman–Crippen LogP) is 3.63. The van der Waals surface area contributed by atoms with Crippen LogP contribution in [0.1, 0.15) is 18.2 Å². The van der Waals surface area contributed by atoms with Crippen molar-refractivity contribution in [1.82, 2.24) is 0 Å². The van der Waals surface area contributed by atoms with Crippen LogP contribution in [0.25, 0.3) is 0 Å². The molecule has 1 atom stereocenters. The Kier molecular flexibility index (Phi) is 6.53. The van der Waals surface area contributed by atoms with Gasteiger partial charge >= 0.3 is 0 Å². The summed E-state index contributed by atoms with van der Waals surface area (Å²) in [6, 6.07) is 15.0. The zero-order chi connectivity index (χ0) is 23.4. The quantitative estimate of drug-likeness (QED) is 0.561. The number of nitrogens with one attached hydrogen (secondary N) is 1. The van der Waals surface area contributed by atoms with Crippen molar-refractivity contribution in [2.45, 2.75) is 25.9 Å². The molecule has 0 saturated carbocycles. The van der Waals surface area contributed by atoms with E-state index in [1.807, 2.05) is 12.1 Å². The molecule has 0 saturated heterocycles. The number of ether oxygens (including phenoxy) is 3. The molecule has 8 nitrogen and oxygen atoms in total. The molecule has 172 valence electrons. The van der Waals surface area contributed by atoms with Crippen LogP contribution in [0.3, 0.4) is 0 Å². The number of para-hydroxylation sites is 1. The minimum Gasteiger partial charge on any atom is -0.497 e. The van der Waals surface area contributed by atoms with Gasteiger partial charge in [0.2, 0.25) is 11.2 Å². The van der Waals surface area contributed by atoms with E-state index in [2.05, 4.69) is 29.3 Å². The first-order valence-corrected chi connectivity index (χ1v) is 10.6. The zero-order valence-electron chi connectivity index (χ0n) is 18.8. The maximum absolute atomic E-state index is 12.5. The molecule has 1 aliphatic rings. The Hall–Kier alpha value is -3.94. The van der Waals surface area contributed by atoms with Crippen LogP contribution in [0.4, 0.5) is 11.4 Å². The normalized spacial score (nSPS) is 14.5. The van der Waals surface area contributed by atoms with Gasteiger partial charge in [0, 0.05) is 23.9 Å². The highest BCUT2D eigenvalue weighted by atomic mass is 16.5. The standard InChI is InChI=1S/C25H26N2O6/c1-16-10-17-6-4-5-7-21(17)27(16)13-19-11-22(28)24(14-32-19)33-15-25(29)26-20-9-8-18(30-2)12-23(20)31-3/h4-9,11-12,14,16H,10,13,15H2,1-3H3,(H,26,29). The average Bonchev–Trinajstić information content (AvgIpc) is 3.13. The Morgan fingerprint density at radius 1 is 1.12 bits per heavy atom. The van der Waals surface area contributed by atoms with Gasteiger partial charge in [0.1, 0.15) is 23.5 Å². The average molecular weight is 450 g/mol. The number of carbonyl (C=O) groups is 1. The highest BCUT2D eigenvalue weighted by Gasteiger charge is 2.26. The number of methoxy groups -OCH3 is 2. The third-order valence-corrected chi connectivity index (χ3v) is 5.57. The summed E-state index contributed by atoms with van der Waals surface area (Å²) in [7, 11) is 3.04. The van der Waals surface area contributed by atoms with Crippen molar-refractivity contribution < 1.29 is 23.4 Å². The molecule has 3 aromatic rings. The van der Waals surface area contributed by atoms with Crippen molar-refractivity contribution in [3.05, 3.63) is 76.3 Å². The van der Waals surface area contributed by atoms with Gasteiger partial charge in [-0.2, -0.15) is 0 Å². The Morgan fingerprint density at radius 2 is 1.94 bits per heavy atom. The van der Waals surface area contributed by atoms with E-state index >= 15 is 0 Å². The van der Waals surface area contributed by atoms with E-state index < -0.39 is 5.91 Å². The van der Waals surface area contributed by atoms with E-state index in [0.717, 1.165) is 12.1 Å². The summed E-state index contributed by atoms with van der Waals surface area (Å²) in [5.41, 5.74) is 2.56. The van der Waals surface area contributed by atoms with Crippen LogP contribution in [0.5, 0.6) is 17.2 Å². The molecule has 1 N–H and O–H groups in total. The minimum atomic E-state index is -0.440. The first-order valence-electron chi connectivity index (χ1n) is 10.6. The Morgan fingerprint density at radius 3 is 2.70 bits per heavy atom. The molecule has 0 spiro atoms. The predicted molar refractivity (Wildman–Crippen MR) is 124 cm³/mol. The van der Waals surface area contributed by atoms with Gasteiger partial charge in [0.05, 0.1) is 26.5 Å². The summed E-state index contributed by atoms with van der Waals surface area (Å²) in [6.45, 7) is 2.27.